The quantitative estimate of drug-likeness (QED) is 0.623. The summed E-state index contributed by atoms with van der Waals surface area (Å²) in [6.07, 6.45) is 0. The Morgan fingerprint density at radius 1 is 1.16 bits per heavy atom. The summed E-state index contributed by atoms with van der Waals surface area (Å²) in [5, 5.41) is 10.8. The number of aryl methyl sites for hydroxylation is 1. The lowest BCUT2D eigenvalue weighted by Crippen LogP contribution is -1.97. The number of hydrogen-bond donors (Lipinski definition) is 0. The van der Waals surface area contributed by atoms with E-state index in [1.54, 1.807) is 0 Å². The Balaban J connectivity index is 2.40. The van der Waals surface area contributed by atoms with E-state index in [1.165, 1.54) is 37.3 Å². The highest BCUT2D eigenvalue weighted by atomic mass is 19.1. The second-order valence-corrected chi connectivity index (χ2v) is 3.86. The summed E-state index contributed by atoms with van der Waals surface area (Å²) in [6.45, 7) is 1.53. The third kappa shape index (κ3) is 2.67. The van der Waals surface area contributed by atoms with Crippen LogP contribution in [0.4, 0.5) is 14.5 Å². The lowest BCUT2D eigenvalue weighted by atomic mass is 10.2. The summed E-state index contributed by atoms with van der Waals surface area (Å²) in [7, 11) is 0. The van der Waals surface area contributed by atoms with E-state index < -0.39 is 22.2 Å². The van der Waals surface area contributed by atoms with Gasteiger partial charge in [-0.3, -0.25) is 10.1 Å². The first-order valence-corrected chi connectivity index (χ1v) is 5.36. The van der Waals surface area contributed by atoms with Gasteiger partial charge in [-0.05, 0) is 42.8 Å². The van der Waals surface area contributed by atoms with Crippen LogP contribution in [-0.2, 0) is 0 Å². The lowest BCUT2D eigenvalue weighted by Gasteiger charge is -2.07. The van der Waals surface area contributed by atoms with Gasteiger partial charge in [-0.15, -0.1) is 0 Å². The molecule has 0 aliphatic rings. The molecular formula is C13H9F2NO3. The van der Waals surface area contributed by atoms with Crippen molar-refractivity contribution in [3.63, 3.8) is 0 Å². The third-order valence-corrected chi connectivity index (χ3v) is 2.49. The first-order valence-electron chi connectivity index (χ1n) is 5.36. The summed E-state index contributed by atoms with van der Waals surface area (Å²) < 4.78 is 31.7. The fourth-order valence-corrected chi connectivity index (χ4v) is 1.56. The van der Waals surface area contributed by atoms with E-state index in [9.17, 15) is 18.9 Å². The Kier molecular flexibility index (Phi) is 3.41. The molecular weight excluding hydrogens is 256 g/mol. The molecule has 0 saturated carbocycles. The van der Waals surface area contributed by atoms with Crippen LogP contribution in [0.3, 0.4) is 0 Å². The van der Waals surface area contributed by atoms with Gasteiger partial charge in [0.2, 0.25) is 11.6 Å². The van der Waals surface area contributed by atoms with Crippen LogP contribution in [0, 0.1) is 28.7 Å². The van der Waals surface area contributed by atoms with Crippen molar-refractivity contribution in [1.29, 1.82) is 0 Å². The maximum Gasteiger partial charge on any atom is 0.346 e. The average Bonchev–Trinajstić information content (AvgIpc) is 2.33. The first-order chi connectivity index (χ1) is 8.99. The number of hydrogen-bond acceptors (Lipinski definition) is 3. The fraction of sp³-hybridized carbons (Fsp3) is 0.0769. The Labute approximate surface area is 107 Å². The molecule has 0 unspecified atom stereocenters. The summed E-state index contributed by atoms with van der Waals surface area (Å²) in [5.41, 5.74) is -0.416. The van der Waals surface area contributed by atoms with E-state index in [2.05, 4.69) is 0 Å². The van der Waals surface area contributed by atoms with Gasteiger partial charge in [0.15, 0.2) is 0 Å². The standard InChI is InChI=1S/C13H9F2NO3/c1-8-7-9(5-6-10(8)14)19-12-4-2-3-11(15)13(12)16(17)18/h2-7H,1H3. The van der Waals surface area contributed by atoms with Crippen LogP contribution in [-0.4, -0.2) is 4.92 Å². The Morgan fingerprint density at radius 2 is 1.89 bits per heavy atom. The predicted octanol–water partition coefficient (Wildman–Crippen LogP) is 3.97. The zero-order valence-corrected chi connectivity index (χ0v) is 9.89. The van der Waals surface area contributed by atoms with E-state index in [4.69, 9.17) is 4.74 Å². The van der Waals surface area contributed by atoms with Crippen molar-refractivity contribution in [2.45, 2.75) is 6.92 Å². The molecule has 98 valence electrons. The number of nitro groups is 1. The monoisotopic (exact) mass is 265 g/mol. The van der Waals surface area contributed by atoms with Gasteiger partial charge < -0.3 is 4.74 Å². The van der Waals surface area contributed by atoms with Gasteiger partial charge in [0, 0.05) is 0 Å². The van der Waals surface area contributed by atoms with Crippen LogP contribution in [0.1, 0.15) is 5.56 Å². The largest absolute Gasteiger partial charge is 0.450 e. The normalized spacial score (nSPS) is 10.3. The molecule has 0 N–H and O–H groups in total. The molecule has 0 radical (unpaired) electrons. The number of nitro benzene ring substituents is 1. The van der Waals surface area contributed by atoms with Crippen molar-refractivity contribution >= 4 is 5.69 Å². The van der Waals surface area contributed by atoms with E-state index in [0.717, 1.165) is 6.07 Å². The maximum atomic E-state index is 13.4. The van der Waals surface area contributed by atoms with E-state index in [1.807, 2.05) is 0 Å². The zero-order valence-electron chi connectivity index (χ0n) is 9.89. The molecule has 0 atom stereocenters. The van der Waals surface area contributed by atoms with E-state index in [0.29, 0.717) is 5.56 Å². The molecule has 0 saturated heterocycles. The minimum absolute atomic E-state index is 0.201. The van der Waals surface area contributed by atoms with Gasteiger partial charge in [-0.2, -0.15) is 4.39 Å². The molecule has 6 heteroatoms. The molecule has 0 amide bonds. The van der Waals surface area contributed by atoms with Gasteiger partial charge in [0.25, 0.3) is 0 Å². The number of halogens is 2. The van der Waals surface area contributed by atoms with Crippen molar-refractivity contribution in [1.82, 2.24) is 0 Å². The summed E-state index contributed by atoms with van der Waals surface area (Å²) >= 11 is 0. The number of para-hydroxylation sites is 1. The Hall–Kier alpha value is -2.50. The minimum atomic E-state index is -0.985. The second kappa shape index (κ2) is 5.01. The van der Waals surface area contributed by atoms with Crippen molar-refractivity contribution in [3.8, 4) is 11.5 Å². The van der Waals surface area contributed by atoms with Crippen molar-refractivity contribution < 1.29 is 18.4 Å². The smallest absolute Gasteiger partial charge is 0.346 e. The number of ether oxygens (including phenoxy) is 1. The molecule has 2 rings (SSSR count). The van der Waals surface area contributed by atoms with Crippen molar-refractivity contribution in [2.24, 2.45) is 0 Å². The lowest BCUT2D eigenvalue weighted by molar-refractivity contribution is -0.388. The Bertz CT molecular complexity index is 644. The van der Waals surface area contributed by atoms with Gasteiger partial charge in [-0.1, -0.05) is 6.07 Å². The molecule has 19 heavy (non-hydrogen) atoms. The van der Waals surface area contributed by atoms with Crippen LogP contribution < -0.4 is 4.74 Å². The second-order valence-electron chi connectivity index (χ2n) is 3.86. The molecule has 0 spiro atoms. The summed E-state index contributed by atoms with van der Waals surface area (Å²) in [6, 6.07) is 7.42. The van der Waals surface area contributed by atoms with Crippen molar-refractivity contribution in [2.75, 3.05) is 0 Å². The molecule has 0 aliphatic carbocycles. The van der Waals surface area contributed by atoms with Gasteiger partial charge in [0.1, 0.15) is 11.6 Å². The molecule has 0 fully saturated rings. The van der Waals surface area contributed by atoms with Gasteiger partial charge >= 0.3 is 5.69 Å². The maximum absolute atomic E-state index is 13.4. The molecule has 2 aromatic rings. The molecule has 0 heterocycles. The van der Waals surface area contributed by atoms with Crippen LogP contribution >= 0.6 is 0 Å². The van der Waals surface area contributed by atoms with E-state index >= 15 is 0 Å². The first kappa shape index (κ1) is 12.9. The number of nitrogens with zero attached hydrogens (tertiary/aromatic N) is 1. The van der Waals surface area contributed by atoms with Crippen LogP contribution in [0.5, 0.6) is 11.5 Å². The molecule has 2 aromatic carbocycles. The fourth-order valence-electron chi connectivity index (χ4n) is 1.56. The SMILES string of the molecule is Cc1cc(Oc2cccc(F)c2[N+](=O)[O-])ccc1F. The van der Waals surface area contributed by atoms with Gasteiger partial charge in [-0.25, -0.2) is 4.39 Å². The molecule has 0 aliphatic heterocycles. The highest BCUT2D eigenvalue weighted by Gasteiger charge is 2.21. The zero-order chi connectivity index (χ0) is 14.0. The van der Waals surface area contributed by atoms with Crippen LogP contribution in [0.15, 0.2) is 36.4 Å². The molecule has 0 bridgehead atoms. The molecule has 4 nitrogen and oxygen atoms in total. The Morgan fingerprint density at radius 3 is 2.53 bits per heavy atom. The highest BCUT2D eigenvalue weighted by Crippen LogP contribution is 2.33. The summed E-state index contributed by atoms with van der Waals surface area (Å²) in [4.78, 5) is 9.92. The average molecular weight is 265 g/mol. The third-order valence-electron chi connectivity index (χ3n) is 2.49. The molecule has 0 aromatic heterocycles. The highest BCUT2D eigenvalue weighted by molar-refractivity contribution is 5.49. The van der Waals surface area contributed by atoms with Crippen molar-refractivity contribution in [3.05, 3.63) is 63.7 Å². The van der Waals surface area contributed by atoms with Crippen LogP contribution in [0.2, 0.25) is 0 Å². The topological polar surface area (TPSA) is 52.4 Å². The minimum Gasteiger partial charge on any atom is -0.450 e. The van der Waals surface area contributed by atoms with E-state index in [-0.39, 0.29) is 11.5 Å². The van der Waals surface area contributed by atoms with Crippen LogP contribution in [0.25, 0.3) is 0 Å². The predicted molar refractivity (Wildman–Crippen MR) is 64.3 cm³/mol. The summed E-state index contributed by atoms with van der Waals surface area (Å²) in [5.74, 6) is -1.42. The van der Waals surface area contributed by atoms with Gasteiger partial charge in [0.05, 0.1) is 4.92 Å². The number of benzene rings is 2. The number of rotatable bonds is 3.